The normalized spacial score (nSPS) is 11.3. The molecule has 0 saturated heterocycles. The van der Waals surface area contributed by atoms with Gasteiger partial charge in [-0.1, -0.05) is 41.7 Å². The molecule has 0 fully saturated rings. The first kappa shape index (κ1) is 19.4. The number of hydrogen-bond acceptors (Lipinski definition) is 7. The van der Waals surface area contributed by atoms with Crippen molar-refractivity contribution in [2.24, 2.45) is 0 Å². The van der Waals surface area contributed by atoms with E-state index in [4.69, 9.17) is 4.74 Å². The van der Waals surface area contributed by atoms with Gasteiger partial charge in [0.1, 0.15) is 0 Å². The van der Waals surface area contributed by atoms with Crippen LogP contribution in [0.15, 0.2) is 54.9 Å². The molecular formula is C21H24N6OS. The van der Waals surface area contributed by atoms with Crippen molar-refractivity contribution in [2.75, 3.05) is 32.6 Å². The maximum absolute atomic E-state index is 5.71. The van der Waals surface area contributed by atoms with Crippen LogP contribution in [-0.2, 0) is 6.54 Å². The van der Waals surface area contributed by atoms with Gasteiger partial charge >= 0.3 is 0 Å². The summed E-state index contributed by atoms with van der Waals surface area (Å²) < 4.78 is 7.56. The van der Waals surface area contributed by atoms with Crippen molar-refractivity contribution in [3.8, 4) is 17.1 Å². The van der Waals surface area contributed by atoms with Crippen LogP contribution in [0.5, 0.6) is 5.88 Å². The number of ether oxygens (including phenoxy) is 1. The number of aromatic nitrogens is 4. The van der Waals surface area contributed by atoms with Gasteiger partial charge in [0.15, 0.2) is 0 Å². The van der Waals surface area contributed by atoms with Gasteiger partial charge in [-0.3, -0.25) is 0 Å². The van der Waals surface area contributed by atoms with E-state index >= 15 is 0 Å². The molecule has 0 atom stereocenters. The number of imidazole rings is 1. The fourth-order valence-corrected chi connectivity index (χ4v) is 3.68. The molecule has 3 heterocycles. The summed E-state index contributed by atoms with van der Waals surface area (Å²) in [5.41, 5.74) is 3.08. The van der Waals surface area contributed by atoms with Crippen molar-refractivity contribution in [2.45, 2.75) is 13.0 Å². The van der Waals surface area contributed by atoms with Crippen LogP contribution in [0.4, 0.5) is 5.13 Å². The summed E-state index contributed by atoms with van der Waals surface area (Å²) in [5.74, 6) is 0.636. The Balaban J connectivity index is 1.41. The number of pyridine rings is 1. The zero-order chi connectivity index (χ0) is 20.1. The molecule has 0 bridgehead atoms. The summed E-state index contributed by atoms with van der Waals surface area (Å²) in [6, 6.07) is 14.2. The van der Waals surface area contributed by atoms with E-state index in [0.29, 0.717) is 12.5 Å². The monoisotopic (exact) mass is 408 g/mol. The summed E-state index contributed by atoms with van der Waals surface area (Å²) in [4.78, 5) is 11.9. The third-order valence-corrected chi connectivity index (χ3v) is 5.28. The molecule has 0 amide bonds. The van der Waals surface area contributed by atoms with Gasteiger partial charge < -0.3 is 15.0 Å². The lowest BCUT2D eigenvalue weighted by molar-refractivity contribution is 0.273. The van der Waals surface area contributed by atoms with Gasteiger partial charge in [0.25, 0.3) is 0 Å². The number of nitrogens with zero attached hydrogens (tertiary/aromatic N) is 5. The molecule has 7 nitrogen and oxygen atoms in total. The number of hydrogen-bond donors (Lipinski definition) is 1. The molecule has 8 heteroatoms. The number of rotatable bonds is 9. The Morgan fingerprint density at radius 1 is 1.07 bits per heavy atom. The summed E-state index contributed by atoms with van der Waals surface area (Å²) in [6.45, 7) is 2.38. The molecule has 0 spiro atoms. The second-order valence-electron chi connectivity index (χ2n) is 6.97. The minimum Gasteiger partial charge on any atom is -0.478 e. The topological polar surface area (TPSA) is 67.6 Å². The summed E-state index contributed by atoms with van der Waals surface area (Å²) in [6.07, 6.45) is 4.60. The van der Waals surface area contributed by atoms with E-state index in [1.165, 1.54) is 16.9 Å². The molecule has 1 aromatic carbocycles. The molecule has 0 radical (unpaired) electrons. The van der Waals surface area contributed by atoms with E-state index in [1.807, 2.05) is 41.0 Å². The first-order chi connectivity index (χ1) is 14.2. The molecule has 4 rings (SSSR count). The lowest BCUT2D eigenvalue weighted by Crippen LogP contribution is -2.15. The van der Waals surface area contributed by atoms with E-state index < -0.39 is 0 Å². The van der Waals surface area contributed by atoms with Gasteiger partial charge in [-0.05, 0) is 32.1 Å². The summed E-state index contributed by atoms with van der Waals surface area (Å²) in [7, 11) is 4.11. The van der Waals surface area contributed by atoms with Gasteiger partial charge in [0.05, 0.1) is 18.5 Å². The Bertz CT molecular complexity index is 1040. The molecule has 4 aromatic rings. The van der Waals surface area contributed by atoms with E-state index in [0.717, 1.165) is 40.9 Å². The quantitative estimate of drug-likeness (QED) is 0.425. The molecule has 0 aliphatic rings. The Hall–Kier alpha value is -2.97. The van der Waals surface area contributed by atoms with Crippen LogP contribution in [0.2, 0.25) is 0 Å². The third-order valence-electron chi connectivity index (χ3n) is 4.40. The lowest BCUT2D eigenvalue weighted by Gasteiger charge is -2.10. The summed E-state index contributed by atoms with van der Waals surface area (Å²) in [5, 5.41) is 8.87. The summed E-state index contributed by atoms with van der Waals surface area (Å²) >= 11 is 1.53. The maximum atomic E-state index is 5.71. The number of anilines is 1. The second kappa shape index (κ2) is 9.02. The van der Waals surface area contributed by atoms with Gasteiger partial charge in [0.2, 0.25) is 16.0 Å². The van der Waals surface area contributed by atoms with Crippen LogP contribution in [0.1, 0.15) is 12.0 Å². The van der Waals surface area contributed by atoms with Crippen LogP contribution < -0.4 is 10.1 Å². The van der Waals surface area contributed by atoms with Crippen molar-refractivity contribution in [1.82, 2.24) is 24.5 Å². The van der Waals surface area contributed by atoms with Crippen LogP contribution in [0.3, 0.4) is 0 Å². The lowest BCUT2D eigenvalue weighted by atomic mass is 10.2. The largest absolute Gasteiger partial charge is 0.478 e. The Kier molecular flexibility index (Phi) is 6.02. The SMILES string of the molecule is CN(C)CCCOc1ccc(-c2cnc3sc(NCc4ccccc4)nn23)cn1. The highest BCUT2D eigenvalue weighted by Gasteiger charge is 2.12. The third kappa shape index (κ3) is 4.90. The second-order valence-corrected chi connectivity index (χ2v) is 7.93. The Morgan fingerprint density at radius 3 is 2.69 bits per heavy atom. The zero-order valence-electron chi connectivity index (χ0n) is 16.6. The average molecular weight is 409 g/mol. The van der Waals surface area contributed by atoms with Crippen molar-refractivity contribution in [3.05, 3.63) is 60.4 Å². The molecule has 0 aliphatic heterocycles. The maximum Gasteiger partial charge on any atom is 0.214 e. The van der Waals surface area contributed by atoms with Crippen molar-refractivity contribution >= 4 is 21.4 Å². The van der Waals surface area contributed by atoms with E-state index in [2.05, 4.69) is 51.5 Å². The number of fused-ring (bicyclic) bond motifs is 1. The molecule has 0 saturated carbocycles. The van der Waals surface area contributed by atoms with E-state index in [1.54, 1.807) is 6.20 Å². The Labute approximate surface area is 174 Å². The van der Waals surface area contributed by atoms with Crippen LogP contribution in [0.25, 0.3) is 16.2 Å². The Morgan fingerprint density at radius 2 is 1.93 bits per heavy atom. The standard InChI is InChI=1S/C21H24N6OS/c1-26(2)11-6-12-28-19-10-9-17(14-22-19)18-15-24-21-27(18)25-20(29-21)23-13-16-7-4-3-5-8-16/h3-5,7-10,14-15H,6,11-13H2,1-2H3,(H,23,25). The van der Waals surface area contributed by atoms with Gasteiger partial charge in [0, 0.05) is 30.9 Å². The smallest absolute Gasteiger partial charge is 0.214 e. The van der Waals surface area contributed by atoms with Gasteiger partial charge in [-0.2, -0.15) is 0 Å². The van der Waals surface area contributed by atoms with Crippen LogP contribution in [-0.4, -0.2) is 51.7 Å². The van der Waals surface area contributed by atoms with E-state index in [-0.39, 0.29) is 0 Å². The fraction of sp³-hybridized carbons (Fsp3) is 0.286. The molecular weight excluding hydrogens is 384 g/mol. The van der Waals surface area contributed by atoms with Gasteiger partial charge in [-0.15, -0.1) is 5.10 Å². The fourth-order valence-electron chi connectivity index (χ4n) is 2.91. The van der Waals surface area contributed by atoms with Crippen molar-refractivity contribution in [3.63, 3.8) is 0 Å². The predicted molar refractivity (Wildman–Crippen MR) is 117 cm³/mol. The highest BCUT2D eigenvalue weighted by atomic mass is 32.1. The van der Waals surface area contributed by atoms with Gasteiger partial charge in [-0.25, -0.2) is 14.5 Å². The van der Waals surface area contributed by atoms with Crippen LogP contribution >= 0.6 is 11.3 Å². The molecule has 0 unspecified atom stereocenters. The first-order valence-electron chi connectivity index (χ1n) is 9.55. The highest BCUT2D eigenvalue weighted by Crippen LogP contribution is 2.26. The minimum atomic E-state index is 0.636. The minimum absolute atomic E-state index is 0.636. The average Bonchev–Trinajstić information content (AvgIpc) is 3.31. The van der Waals surface area contributed by atoms with Crippen molar-refractivity contribution < 1.29 is 4.74 Å². The molecule has 150 valence electrons. The van der Waals surface area contributed by atoms with E-state index in [9.17, 15) is 0 Å². The highest BCUT2D eigenvalue weighted by molar-refractivity contribution is 7.20. The number of nitrogens with one attached hydrogen (secondary N) is 1. The molecule has 3 aromatic heterocycles. The molecule has 0 aliphatic carbocycles. The van der Waals surface area contributed by atoms with Crippen molar-refractivity contribution in [1.29, 1.82) is 0 Å². The number of benzene rings is 1. The van der Waals surface area contributed by atoms with Crippen LogP contribution in [0, 0.1) is 0 Å². The predicted octanol–water partition coefficient (Wildman–Crippen LogP) is 3.80. The molecule has 29 heavy (non-hydrogen) atoms. The zero-order valence-corrected chi connectivity index (χ0v) is 17.4. The molecule has 1 N–H and O–H groups in total. The first-order valence-corrected chi connectivity index (χ1v) is 10.4.